The van der Waals surface area contributed by atoms with E-state index in [2.05, 4.69) is 10.0 Å². The summed E-state index contributed by atoms with van der Waals surface area (Å²) in [5, 5.41) is 2.94. The summed E-state index contributed by atoms with van der Waals surface area (Å²) in [4.78, 5) is 0. The SMILES string of the molecule is CC(Cc1ccccc1)NS(=O)(=O)C1CCNCC1. The Hall–Kier alpha value is -0.910. The maximum absolute atomic E-state index is 12.2. The third-order valence-electron chi connectivity index (χ3n) is 3.48. The molecule has 1 atom stereocenters. The van der Waals surface area contributed by atoms with Crippen molar-refractivity contribution in [3.8, 4) is 0 Å². The molecule has 0 aliphatic carbocycles. The molecule has 1 aromatic carbocycles. The van der Waals surface area contributed by atoms with E-state index in [9.17, 15) is 8.42 Å². The van der Waals surface area contributed by atoms with Gasteiger partial charge in [-0.1, -0.05) is 30.3 Å². The summed E-state index contributed by atoms with van der Waals surface area (Å²) in [7, 11) is -3.19. The van der Waals surface area contributed by atoms with E-state index < -0.39 is 10.0 Å². The van der Waals surface area contributed by atoms with Crippen molar-refractivity contribution in [1.29, 1.82) is 0 Å². The molecule has 1 saturated heterocycles. The van der Waals surface area contributed by atoms with E-state index in [1.54, 1.807) is 0 Å². The summed E-state index contributed by atoms with van der Waals surface area (Å²) in [5.41, 5.74) is 1.16. The van der Waals surface area contributed by atoms with Crippen molar-refractivity contribution in [3.05, 3.63) is 35.9 Å². The highest BCUT2D eigenvalue weighted by atomic mass is 32.2. The Bertz CT molecular complexity index is 481. The summed E-state index contributed by atoms with van der Waals surface area (Å²) in [6.07, 6.45) is 2.13. The molecule has 5 heteroatoms. The van der Waals surface area contributed by atoms with Crippen LogP contribution in [-0.4, -0.2) is 32.8 Å². The fraction of sp³-hybridized carbons (Fsp3) is 0.571. The van der Waals surface area contributed by atoms with Crippen molar-refractivity contribution < 1.29 is 8.42 Å². The van der Waals surface area contributed by atoms with E-state index in [1.165, 1.54) is 0 Å². The Morgan fingerprint density at radius 1 is 1.26 bits per heavy atom. The van der Waals surface area contributed by atoms with Gasteiger partial charge in [0.1, 0.15) is 0 Å². The first-order valence-corrected chi connectivity index (χ1v) is 8.38. The van der Waals surface area contributed by atoms with Crippen LogP contribution < -0.4 is 10.0 Å². The number of hydrogen-bond acceptors (Lipinski definition) is 3. The Balaban J connectivity index is 1.92. The number of nitrogens with one attached hydrogen (secondary N) is 2. The Morgan fingerprint density at radius 3 is 2.53 bits per heavy atom. The molecule has 1 heterocycles. The molecule has 2 N–H and O–H groups in total. The molecule has 0 spiro atoms. The van der Waals surface area contributed by atoms with E-state index in [4.69, 9.17) is 0 Å². The van der Waals surface area contributed by atoms with Gasteiger partial charge in [0.2, 0.25) is 10.0 Å². The van der Waals surface area contributed by atoms with E-state index in [0.29, 0.717) is 12.8 Å². The van der Waals surface area contributed by atoms with Crippen molar-refractivity contribution >= 4 is 10.0 Å². The molecule has 2 rings (SSSR count). The van der Waals surface area contributed by atoms with Crippen LogP contribution in [0, 0.1) is 0 Å². The van der Waals surface area contributed by atoms with Crippen molar-refractivity contribution in [1.82, 2.24) is 10.0 Å². The lowest BCUT2D eigenvalue weighted by atomic mass is 10.1. The zero-order chi connectivity index (χ0) is 13.7. The van der Waals surface area contributed by atoms with Crippen LogP contribution in [-0.2, 0) is 16.4 Å². The van der Waals surface area contributed by atoms with E-state index in [0.717, 1.165) is 25.1 Å². The number of rotatable bonds is 5. The average Bonchev–Trinajstić information content (AvgIpc) is 2.40. The first kappa shape index (κ1) is 14.5. The predicted octanol–water partition coefficient (Wildman–Crippen LogP) is 1.29. The largest absolute Gasteiger partial charge is 0.317 e. The Kier molecular flexibility index (Phi) is 4.96. The molecule has 0 amide bonds. The van der Waals surface area contributed by atoms with Crippen LogP contribution in [0.2, 0.25) is 0 Å². The van der Waals surface area contributed by atoms with Gasteiger partial charge in [0.15, 0.2) is 0 Å². The second-order valence-electron chi connectivity index (χ2n) is 5.20. The molecule has 0 bridgehead atoms. The molecular formula is C14H22N2O2S. The smallest absolute Gasteiger partial charge is 0.214 e. The number of benzene rings is 1. The predicted molar refractivity (Wildman–Crippen MR) is 77.6 cm³/mol. The summed E-state index contributed by atoms with van der Waals surface area (Å²) in [5.74, 6) is 0. The van der Waals surface area contributed by atoms with E-state index in [-0.39, 0.29) is 11.3 Å². The van der Waals surface area contributed by atoms with Gasteiger partial charge in [-0.25, -0.2) is 13.1 Å². The molecule has 1 fully saturated rings. The van der Waals surface area contributed by atoms with Gasteiger partial charge < -0.3 is 5.32 Å². The van der Waals surface area contributed by atoms with Crippen molar-refractivity contribution in [2.75, 3.05) is 13.1 Å². The summed E-state index contributed by atoms with van der Waals surface area (Å²) in [6.45, 7) is 3.50. The van der Waals surface area contributed by atoms with Crippen LogP contribution in [0.25, 0.3) is 0 Å². The molecule has 4 nitrogen and oxygen atoms in total. The van der Waals surface area contributed by atoms with Gasteiger partial charge in [0, 0.05) is 6.04 Å². The molecule has 1 unspecified atom stereocenters. The van der Waals surface area contributed by atoms with Gasteiger partial charge in [-0.15, -0.1) is 0 Å². The monoisotopic (exact) mass is 282 g/mol. The van der Waals surface area contributed by atoms with Gasteiger partial charge >= 0.3 is 0 Å². The topological polar surface area (TPSA) is 58.2 Å². The minimum absolute atomic E-state index is 0.0673. The fourth-order valence-electron chi connectivity index (χ4n) is 2.49. The Labute approximate surface area is 115 Å². The molecule has 106 valence electrons. The molecule has 0 aromatic heterocycles. The van der Waals surface area contributed by atoms with Gasteiger partial charge in [-0.05, 0) is 44.8 Å². The average molecular weight is 282 g/mol. The second-order valence-corrected chi connectivity index (χ2v) is 7.20. The number of sulfonamides is 1. The lowest BCUT2D eigenvalue weighted by Gasteiger charge is -2.25. The van der Waals surface area contributed by atoms with Crippen LogP contribution in [0.1, 0.15) is 25.3 Å². The molecule has 1 aromatic rings. The zero-order valence-electron chi connectivity index (χ0n) is 11.3. The minimum Gasteiger partial charge on any atom is -0.317 e. The third-order valence-corrected chi connectivity index (χ3v) is 5.56. The summed E-state index contributed by atoms with van der Waals surface area (Å²) in [6, 6.07) is 9.90. The van der Waals surface area contributed by atoms with Crippen molar-refractivity contribution in [3.63, 3.8) is 0 Å². The molecular weight excluding hydrogens is 260 g/mol. The normalized spacial score (nSPS) is 19.2. The standard InChI is InChI=1S/C14H22N2O2S/c1-12(11-13-5-3-2-4-6-13)16-19(17,18)14-7-9-15-10-8-14/h2-6,12,14-16H,7-11H2,1H3. The molecule has 1 aliphatic rings. The van der Waals surface area contributed by atoms with E-state index in [1.807, 2.05) is 37.3 Å². The summed E-state index contributed by atoms with van der Waals surface area (Å²) >= 11 is 0. The third kappa shape index (κ3) is 4.30. The molecule has 0 saturated carbocycles. The minimum atomic E-state index is -3.19. The molecule has 0 radical (unpaired) electrons. The van der Waals surface area contributed by atoms with Gasteiger partial charge in [-0.3, -0.25) is 0 Å². The second kappa shape index (κ2) is 6.50. The maximum Gasteiger partial charge on any atom is 0.214 e. The molecule has 1 aliphatic heterocycles. The zero-order valence-corrected chi connectivity index (χ0v) is 12.1. The van der Waals surface area contributed by atoms with Gasteiger partial charge in [-0.2, -0.15) is 0 Å². The maximum atomic E-state index is 12.2. The van der Waals surface area contributed by atoms with E-state index >= 15 is 0 Å². The van der Waals surface area contributed by atoms with Crippen LogP contribution >= 0.6 is 0 Å². The fourth-order valence-corrected chi connectivity index (χ4v) is 4.18. The highest BCUT2D eigenvalue weighted by Gasteiger charge is 2.28. The van der Waals surface area contributed by atoms with Crippen LogP contribution in [0.15, 0.2) is 30.3 Å². The summed E-state index contributed by atoms with van der Waals surface area (Å²) < 4.78 is 27.3. The highest BCUT2D eigenvalue weighted by Crippen LogP contribution is 2.13. The quantitative estimate of drug-likeness (QED) is 0.855. The van der Waals surface area contributed by atoms with Crippen molar-refractivity contribution in [2.45, 2.75) is 37.5 Å². The Morgan fingerprint density at radius 2 is 1.89 bits per heavy atom. The number of hydrogen-bond donors (Lipinski definition) is 2. The van der Waals surface area contributed by atoms with Crippen molar-refractivity contribution in [2.24, 2.45) is 0 Å². The lowest BCUT2D eigenvalue weighted by molar-refractivity contribution is 0.482. The first-order chi connectivity index (χ1) is 9.08. The van der Waals surface area contributed by atoms with Crippen LogP contribution in [0.3, 0.4) is 0 Å². The van der Waals surface area contributed by atoms with Crippen LogP contribution in [0.5, 0.6) is 0 Å². The molecule has 19 heavy (non-hydrogen) atoms. The van der Waals surface area contributed by atoms with Gasteiger partial charge in [0.05, 0.1) is 5.25 Å². The van der Waals surface area contributed by atoms with Crippen LogP contribution in [0.4, 0.5) is 0 Å². The number of piperidine rings is 1. The first-order valence-electron chi connectivity index (χ1n) is 6.84. The van der Waals surface area contributed by atoms with Gasteiger partial charge in [0.25, 0.3) is 0 Å². The lowest BCUT2D eigenvalue weighted by Crippen LogP contribution is -2.45. The highest BCUT2D eigenvalue weighted by molar-refractivity contribution is 7.90.